The van der Waals surface area contributed by atoms with E-state index in [0.29, 0.717) is 0 Å². The Morgan fingerprint density at radius 2 is 2.26 bits per heavy atom. The van der Waals surface area contributed by atoms with Gasteiger partial charge in [0, 0.05) is 17.2 Å². The number of hydrogen-bond donors (Lipinski definition) is 0. The van der Waals surface area contributed by atoms with Crippen LogP contribution < -0.4 is 0 Å². The summed E-state index contributed by atoms with van der Waals surface area (Å²) in [5.41, 5.74) is 3.11. The van der Waals surface area contributed by atoms with Crippen molar-refractivity contribution in [1.29, 1.82) is 0 Å². The fourth-order valence-electron chi connectivity index (χ4n) is 2.55. The van der Waals surface area contributed by atoms with Gasteiger partial charge in [0.25, 0.3) is 0 Å². The molecule has 1 saturated heterocycles. The van der Waals surface area contributed by atoms with Crippen LogP contribution >= 0.6 is 11.6 Å². The van der Waals surface area contributed by atoms with Crippen LogP contribution in [0, 0.1) is 6.92 Å². The molecule has 3 rings (SSSR count). The Labute approximate surface area is 118 Å². The third-order valence-corrected chi connectivity index (χ3v) is 3.78. The second-order valence-electron chi connectivity index (χ2n) is 4.97. The van der Waals surface area contributed by atoms with E-state index in [1.54, 1.807) is 0 Å². The number of nitrogens with zero attached hydrogens (tertiary/aromatic N) is 2. The van der Waals surface area contributed by atoms with E-state index < -0.39 is 0 Å². The van der Waals surface area contributed by atoms with Gasteiger partial charge < -0.3 is 4.74 Å². The highest BCUT2D eigenvalue weighted by atomic mass is 35.5. The number of halogens is 1. The molecule has 1 aliphatic heterocycles. The Morgan fingerprint density at radius 1 is 1.42 bits per heavy atom. The number of aryl methyl sites for hydroxylation is 1. The van der Waals surface area contributed by atoms with Crippen LogP contribution in [0.15, 0.2) is 30.3 Å². The maximum atomic E-state index is 6.28. The summed E-state index contributed by atoms with van der Waals surface area (Å²) in [7, 11) is 0. The SMILES string of the molecule is Cc1cc(-c2ccccc2Cl)n(CC2CCCO2)n1. The normalized spacial score (nSPS) is 18.9. The number of rotatable bonds is 3. The quantitative estimate of drug-likeness (QED) is 0.855. The van der Waals surface area contributed by atoms with Gasteiger partial charge in [0.1, 0.15) is 0 Å². The molecule has 1 fully saturated rings. The van der Waals surface area contributed by atoms with Crippen molar-refractivity contribution < 1.29 is 4.74 Å². The van der Waals surface area contributed by atoms with E-state index in [1.807, 2.05) is 35.9 Å². The standard InChI is InChI=1S/C15H17ClN2O/c1-11-9-15(13-6-2-3-7-14(13)16)18(17-11)10-12-5-4-8-19-12/h2-3,6-7,9,12H,4-5,8,10H2,1H3. The summed E-state index contributed by atoms with van der Waals surface area (Å²) in [5.74, 6) is 0. The first-order chi connectivity index (χ1) is 9.24. The van der Waals surface area contributed by atoms with Gasteiger partial charge in [-0.2, -0.15) is 5.10 Å². The van der Waals surface area contributed by atoms with E-state index in [2.05, 4.69) is 11.2 Å². The van der Waals surface area contributed by atoms with Crippen molar-refractivity contribution >= 4 is 11.6 Å². The molecule has 0 aliphatic carbocycles. The molecule has 4 heteroatoms. The van der Waals surface area contributed by atoms with Crippen molar-refractivity contribution in [2.24, 2.45) is 0 Å². The first kappa shape index (κ1) is 12.7. The minimum absolute atomic E-state index is 0.278. The summed E-state index contributed by atoms with van der Waals surface area (Å²) >= 11 is 6.28. The third-order valence-electron chi connectivity index (χ3n) is 3.45. The van der Waals surface area contributed by atoms with E-state index in [-0.39, 0.29) is 6.10 Å². The molecule has 2 aromatic rings. The Kier molecular flexibility index (Phi) is 3.58. The second-order valence-corrected chi connectivity index (χ2v) is 5.38. The third kappa shape index (κ3) is 2.67. The summed E-state index contributed by atoms with van der Waals surface area (Å²) in [4.78, 5) is 0. The number of ether oxygens (including phenoxy) is 1. The van der Waals surface area contributed by atoms with Gasteiger partial charge in [0.15, 0.2) is 0 Å². The van der Waals surface area contributed by atoms with Crippen molar-refractivity contribution in [2.45, 2.75) is 32.4 Å². The van der Waals surface area contributed by atoms with Gasteiger partial charge in [-0.05, 0) is 31.9 Å². The number of aromatic nitrogens is 2. The lowest BCUT2D eigenvalue weighted by Gasteiger charge is -2.13. The Hall–Kier alpha value is -1.32. The number of benzene rings is 1. The maximum absolute atomic E-state index is 6.28. The molecule has 0 amide bonds. The van der Waals surface area contributed by atoms with Crippen LogP contribution in [-0.2, 0) is 11.3 Å². The summed E-state index contributed by atoms with van der Waals surface area (Å²) in [6.07, 6.45) is 2.54. The van der Waals surface area contributed by atoms with E-state index in [0.717, 1.165) is 48.0 Å². The van der Waals surface area contributed by atoms with Gasteiger partial charge in [-0.1, -0.05) is 29.8 Å². The Balaban J connectivity index is 1.94. The Morgan fingerprint density at radius 3 is 3.00 bits per heavy atom. The van der Waals surface area contributed by atoms with Gasteiger partial charge in [0.2, 0.25) is 0 Å². The van der Waals surface area contributed by atoms with E-state index in [1.165, 1.54) is 0 Å². The number of hydrogen-bond acceptors (Lipinski definition) is 2. The van der Waals surface area contributed by atoms with Crippen LogP contribution in [0.3, 0.4) is 0 Å². The molecule has 0 spiro atoms. The molecule has 0 radical (unpaired) electrons. The van der Waals surface area contributed by atoms with E-state index in [9.17, 15) is 0 Å². The van der Waals surface area contributed by atoms with E-state index >= 15 is 0 Å². The summed E-state index contributed by atoms with van der Waals surface area (Å²) in [6.45, 7) is 3.67. The van der Waals surface area contributed by atoms with Gasteiger partial charge in [0.05, 0.1) is 24.0 Å². The fourth-order valence-corrected chi connectivity index (χ4v) is 2.78. The minimum atomic E-state index is 0.278. The molecule has 1 unspecified atom stereocenters. The molecular weight excluding hydrogens is 260 g/mol. The van der Waals surface area contributed by atoms with Crippen molar-refractivity contribution in [3.8, 4) is 11.3 Å². The van der Waals surface area contributed by atoms with Crippen LogP contribution in [0.5, 0.6) is 0 Å². The van der Waals surface area contributed by atoms with Crippen LogP contribution in [0.2, 0.25) is 5.02 Å². The lowest BCUT2D eigenvalue weighted by molar-refractivity contribution is 0.0943. The fraction of sp³-hybridized carbons (Fsp3) is 0.400. The molecule has 0 N–H and O–H groups in total. The highest BCUT2D eigenvalue weighted by Crippen LogP contribution is 2.29. The Bertz CT molecular complexity index is 573. The van der Waals surface area contributed by atoms with Crippen LogP contribution in [-0.4, -0.2) is 22.5 Å². The molecule has 19 heavy (non-hydrogen) atoms. The van der Waals surface area contributed by atoms with Gasteiger partial charge in [-0.15, -0.1) is 0 Å². The summed E-state index contributed by atoms with van der Waals surface area (Å²) in [6, 6.07) is 9.97. The average Bonchev–Trinajstić information content (AvgIpc) is 3.01. The molecule has 2 heterocycles. The van der Waals surface area contributed by atoms with Gasteiger partial charge in [-0.25, -0.2) is 0 Å². The van der Waals surface area contributed by atoms with Crippen molar-refractivity contribution in [3.05, 3.63) is 41.0 Å². The van der Waals surface area contributed by atoms with Crippen molar-refractivity contribution in [1.82, 2.24) is 9.78 Å². The average molecular weight is 277 g/mol. The zero-order valence-corrected chi connectivity index (χ0v) is 11.7. The zero-order valence-electron chi connectivity index (χ0n) is 11.0. The first-order valence-corrected chi connectivity index (χ1v) is 7.03. The lowest BCUT2D eigenvalue weighted by Crippen LogP contribution is -2.16. The summed E-state index contributed by atoms with van der Waals surface area (Å²) < 4.78 is 7.71. The molecular formula is C15H17ClN2O. The van der Waals surface area contributed by atoms with Gasteiger partial charge in [-0.3, -0.25) is 4.68 Å². The monoisotopic (exact) mass is 276 g/mol. The minimum Gasteiger partial charge on any atom is -0.376 e. The molecule has 0 bridgehead atoms. The second kappa shape index (κ2) is 5.35. The van der Waals surface area contributed by atoms with E-state index in [4.69, 9.17) is 16.3 Å². The predicted octanol–water partition coefficient (Wildman–Crippen LogP) is 3.69. The summed E-state index contributed by atoms with van der Waals surface area (Å²) in [5, 5.41) is 5.33. The predicted molar refractivity (Wildman–Crippen MR) is 76.4 cm³/mol. The molecule has 0 saturated carbocycles. The topological polar surface area (TPSA) is 27.1 Å². The van der Waals surface area contributed by atoms with Crippen LogP contribution in [0.25, 0.3) is 11.3 Å². The maximum Gasteiger partial charge on any atom is 0.0772 e. The smallest absolute Gasteiger partial charge is 0.0772 e. The first-order valence-electron chi connectivity index (χ1n) is 6.65. The lowest BCUT2D eigenvalue weighted by atomic mass is 10.1. The molecule has 3 nitrogen and oxygen atoms in total. The molecule has 1 aromatic carbocycles. The molecule has 1 aromatic heterocycles. The highest BCUT2D eigenvalue weighted by Gasteiger charge is 2.19. The van der Waals surface area contributed by atoms with Crippen molar-refractivity contribution in [2.75, 3.05) is 6.61 Å². The molecule has 1 atom stereocenters. The van der Waals surface area contributed by atoms with Gasteiger partial charge >= 0.3 is 0 Å². The largest absolute Gasteiger partial charge is 0.376 e. The molecule has 1 aliphatic rings. The van der Waals surface area contributed by atoms with Crippen LogP contribution in [0.1, 0.15) is 18.5 Å². The zero-order chi connectivity index (χ0) is 13.2. The molecule has 100 valence electrons. The van der Waals surface area contributed by atoms with Crippen LogP contribution in [0.4, 0.5) is 0 Å². The highest BCUT2D eigenvalue weighted by molar-refractivity contribution is 6.33. The van der Waals surface area contributed by atoms with Crippen molar-refractivity contribution in [3.63, 3.8) is 0 Å².